The van der Waals surface area contributed by atoms with E-state index in [-0.39, 0.29) is 4.90 Å². The second-order valence-electron chi connectivity index (χ2n) is 3.22. The van der Waals surface area contributed by atoms with Crippen molar-refractivity contribution >= 4 is 16.1 Å². The fourth-order valence-electron chi connectivity index (χ4n) is 1.56. The summed E-state index contributed by atoms with van der Waals surface area (Å²) in [5, 5.41) is 5.15. The molecule has 0 bridgehead atoms. The van der Waals surface area contributed by atoms with Gasteiger partial charge in [-0.15, -0.1) is 0 Å². The third-order valence-electron chi connectivity index (χ3n) is 2.18. The molecule has 0 unspecified atom stereocenters. The molecule has 0 atom stereocenters. The van der Waals surface area contributed by atoms with Crippen LogP contribution >= 0.6 is 0 Å². The number of sulfonamides is 1. The van der Waals surface area contributed by atoms with E-state index in [1.165, 1.54) is 0 Å². The fourth-order valence-corrected chi connectivity index (χ4v) is 2.44. The van der Waals surface area contributed by atoms with E-state index in [9.17, 15) is 8.42 Å². The zero-order valence-corrected chi connectivity index (χ0v) is 9.71. The monoisotopic (exact) mass is 225 g/mol. The second-order valence-corrected chi connectivity index (χ2v) is 4.75. The van der Waals surface area contributed by atoms with Gasteiger partial charge in [-0.3, -0.25) is 0 Å². The van der Waals surface area contributed by atoms with Gasteiger partial charge >= 0.3 is 0 Å². The van der Waals surface area contributed by atoms with Crippen LogP contribution in [0.3, 0.4) is 0 Å². The molecular formula is C11H15NO2S. The largest absolute Gasteiger partial charge is 0.238 e. The first-order chi connectivity index (χ1) is 7.00. The molecule has 0 aliphatic carbocycles. The molecule has 0 fully saturated rings. The molecule has 1 aromatic rings. The molecule has 82 valence electrons. The minimum Gasteiger partial charge on any atom is -0.225 e. The predicted octanol–water partition coefficient (Wildman–Crippen LogP) is 1.93. The van der Waals surface area contributed by atoms with Crippen LogP contribution in [0.2, 0.25) is 0 Å². The number of benzene rings is 1. The van der Waals surface area contributed by atoms with E-state index < -0.39 is 10.0 Å². The van der Waals surface area contributed by atoms with Crippen LogP contribution in [0.1, 0.15) is 25.0 Å². The molecule has 0 spiro atoms. The molecule has 0 radical (unpaired) electrons. The molecule has 0 aliphatic heterocycles. The van der Waals surface area contributed by atoms with Gasteiger partial charge < -0.3 is 0 Å². The van der Waals surface area contributed by atoms with Crippen molar-refractivity contribution in [2.24, 2.45) is 5.14 Å². The standard InChI is InChI=1S/C11H15NO2S/c1-3-6-9-7-5-8-11(10(9)4-2)15(12,13)14/h3,5-8H,4H2,1-2H3,(H2,12,13,14)/b6-3-. The third kappa shape index (κ3) is 2.67. The zero-order chi connectivity index (χ0) is 11.5. The van der Waals surface area contributed by atoms with Crippen LogP contribution in [0.15, 0.2) is 29.2 Å². The highest BCUT2D eigenvalue weighted by Crippen LogP contribution is 2.20. The minimum absolute atomic E-state index is 0.223. The fraction of sp³-hybridized carbons (Fsp3) is 0.273. The quantitative estimate of drug-likeness (QED) is 0.854. The number of primary sulfonamides is 1. The summed E-state index contributed by atoms with van der Waals surface area (Å²) in [5.41, 5.74) is 1.68. The molecule has 0 heterocycles. The maximum Gasteiger partial charge on any atom is 0.238 e. The minimum atomic E-state index is -3.62. The number of hydrogen-bond donors (Lipinski definition) is 1. The molecular weight excluding hydrogens is 210 g/mol. The Morgan fingerprint density at radius 3 is 2.53 bits per heavy atom. The van der Waals surface area contributed by atoms with Crippen molar-refractivity contribution < 1.29 is 8.42 Å². The van der Waals surface area contributed by atoms with E-state index in [2.05, 4.69) is 0 Å². The van der Waals surface area contributed by atoms with Crippen LogP contribution in [0.5, 0.6) is 0 Å². The molecule has 4 heteroatoms. The van der Waals surface area contributed by atoms with Gasteiger partial charge in [0.15, 0.2) is 0 Å². The molecule has 0 amide bonds. The summed E-state index contributed by atoms with van der Waals surface area (Å²) in [6, 6.07) is 5.13. The topological polar surface area (TPSA) is 60.2 Å². The average molecular weight is 225 g/mol. The van der Waals surface area contributed by atoms with Crippen LogP contribution in [0.4, 0.5) is 0 Å². The molecule has 0 saturated carbocycles. The van der Waals surface area contributed by atoms with Crippen molar-refractivity contribution in [3.05, 3.63) is 35.4 Å². The second kappa shape index (κ2) is 4.59. The molecule has 1 rings (SSSR count). The van der Waals surface area contributed by atoms with Gasteiger partial charge in [-0.25, -0.2) is 13.6 Å². The van der Waals surface area contributed by atoms with Crippen molar-refractivity contribution in [3.63, 3.8) is 0 Å². The Hall–Kier alpha value is -1.13. The van der Waals surface area contributed by atoms with E-state index in [1.807, 2.05) is 32.1 Å². The van der Waals surface area contributed by atoms with Gasteiger partial charge in [0, 0.05) is 0 Å². The van der Waals surface area contributed by atoms with Gasteiger partial charge in [-0.2, -0.15) is 0 Å². The lowest BCUT2D eigenvalue weighted by atomic mass is 10.1. The third-order valence-corrected chi connectivity index (χ3v) is 3.17. The van der Waals surface area contributed by atoms with E-state index in [0.29, 0.717) is 6.42 Å². The lowest BCUT2D eigenvalue weighted by molar-refractivity contribution is 0.596. The lowest BCUT2D eigenvalue weighted by Crippen LogP contribution is -2.15. The van der Waals surface area contributed by atoms with E-state index in [1.54, 1.807) is 12.1 Å². The summed E-state index contributed by atoms with van der Waals surface area (Å²) in [4.78, 5) is 0.223. The Morgan fingerprint density at radius 1 is 1.40 bits per heavy atom. The van der Waals surface area contributed by atoms with Crippen LogP contribution < -0.4 is 5.14 Å². The average Bonchev–Trinajstić information content (AvgIpc) is 2.16. The Bertz CT molecular complexity index is 475. The summed E-state index contributed by atoms with van der Waals surface area (Å²) in [6.45, 7) is 3.81. The Balaban J connectivity index is 3.48. The SMILES string of the molecule is C/C=C\c1cccc(S(N)(=O)=O)c1CC. The molecule has 0 aliphatic rings. The van der Waals surface area contributed by atoms with Crippen molar-refractivity contribution in [1.82, 2.24) is 0 Å². The molecule has 2 N–H and O–H groups in total. The van der Waals surface area contributed by atoms with Gasteiger partial charge in [0.2, 0.25) is 10.0 Å². The smallest absolute Gasteiger partial charge is 0.225 e. The highest BCUT2D eigenvalue weighted by molar-refractivity contribution is 7.89. The first-order valence-corrected chi connectivity index (χ1v) is 6.32. The summed E-state index contributed by atoms with van der Waals surface area (Å²) in [7, 11) is -3.62. The lowest BCUT2D eigenvalue weighted by Gasteiger charge is -2.08. The first kappa shape index (κ1) is 11.9. The van der Waals surface area contributed by atoms with Gasteiger partial charge in [-0.05, 0) is 30.5 Å². The van der Waals surface area contributed by atoms with Gasteiger partial charge in [0.25, 0.3) is 0 Å². The Morgan fingerprint density at radius 2 is 2.07 bits per heavy atom. The van der Waals surface area contributed by atoms with E-state index in [4.69, 9.17) is 5.14 Å². The predicted molar refractivity (Wildman–Crippen MR) is 61.9 cm³/mol. The van der Waals surface area contributed by atoms with Crippen molar-refractivity contribution in [2.75, 3.05) is 0 Å². The normalized spacial score (nSPS) is 12.2. The van der Waals surface area contributed by atoms with E-state index in [0.717, 1.165) is 11.1 Å². The van der Waals surface area contributed by atoms with Crippen LogP contribution in [-0.2, 0) is 16.4 Å². The Kier molecular flexibility index (Phi) is 3.66. The summed E-state index contributed by atoms with van der Waals surface area (Å²) < 4.78 is 22.6. The number of rotatable bonds is 3. The van der Waals surface area contributed by atoms with Gasteiger partial charge in [0.05, 0.1) is 4.90 Å². The van der Waals surface area contributed by atoms with Crippen molar-refractivity contribution in [1.29, 1.82) is 0 Å². The van der Waals surface area contributed by atoms with Crippen molar-refractivity contribution in [3.8, 4) is 0 Å². The maximum atomic E-state index is 11.3. The molecule has 3 nitrogen and oxygen atoms in total. The maximum absolute atomic E-state index is 11.3. The van der Waals surface area contributed by atoms with Crippen LogP contribution in [0.25, 0.3) is 6.08 Å². The molecule has 0 saturated heterocycles. The zero-order valence-electron chi connectivity index (χ0n) is 8.90. The summed E-state index contributed by atoms with van der Waals surface area (Å²) in [5.74, 6) is 0. The highest BCUT2D eigenvalue weighted by Gasteiger charge is 2.14. The molecule has 0 aromatic heterocycles. The number of nitrogens with two attached hydrogens (primary N) is 1. The first-order valence-electron chi connectivity index (χ1n) is 4.78. The number of allylic oxidation sites excluding steroid dienone is 1. The van der Waals surface area contributed by atoms with Crippen LogP contribution in [0, 0.1) is 0 Å². The summed E-state index contributed by atoms with van der Waals surface area (Å²) in [6.07, 6.45) is 4.40. The Labute approximate surface area is 90.7 Å². The van der Waals surface area contributed by atoms with Gasteiger partial charge in [-0.1, -0.05) is 31.2 Å². The molecule has 1 aromatic carbocycles. The van der Waals surface area contributed by atoms with E-state index >= 15 is 0 Å². The highest BCUT2D eigenvalue weighted by atomic mass is 32.2. The summed E-state index contributed by atoms with van der Waals surface area (Å²) >= 11 is 0. The van der Waals surface area contributed by atoms with Gasteiger partial charge in [0.1, 0.15) is 0 Å². The molecule has 15 heavy (non-hydrogen) atoms. The number of hydrogen-bond acceptors (Lipinski definition) is 2. The van der Waals surface area contributed by atoms with Crippen molar-refractivity contribution in [2.45, 2.75) is 25.2 Å². The van der Waals surface area contributed by atoms with Crippen LogP contribution in [-0.4, -0.2) is 8.42 Å².